The molecule has 29 heavy (non-hydrogen) atoms. The van der Waals surface area contributed by atoms with Gasteiger partial charge in [-0.3, -0.25) is 9.78 Å². The summed E-state index contributed by atoms with van der Waals surface area (Å²) in [6.45, 7) is 4.61. The number of anilines is 1. The minimum atomic E-state index is -0.110. The number of aromatic nitrogens is 5. The van der Waals surface area contributed by atoms with E-state index in [2.05, 4.69) is 31.2 Å². The van der Waals surface area contributed by atoms with Crippen LogP contribution in [0.15, 0.2) is 36.8 Å². The highest BCUT2D eigenvalue weighted by atomic mass is 35.5. The maximum Gasteiger partial charge on any atom is 0.274 e. The number of hydrogen-bond donors (Lipinski definition) is 0. The van der Waals surface area contributed by atoms with Gasteiger partial charge in [0, 0.05) is 50.7 Å². The van der Waals surface area contributed by atoms with Gasteiger partial charge in [-0.1, -0.05) is 0 Å². The van der Waals surface area contributed by atoms with Gasteiger partial charge in [-0.05, 0) is 36.2 Å². The summed E-state index contributed by atoms with van der Waals surface area (Å²) in [5, 5.41) is 12.9. The predicted molar refractivity (Wildman–Crippen MR) is 108 cm³/mol. The van der Waals surface area contributed by atoms with E-state index in [1.807, 2.05) is 31.5 Å². The number of halogens is 1. The highest BCUT2D eigenvalue weighted by Gasteiger charge is 2.31. The van der Waals surface area contributed by atoms with Crippen molar-refractivity contribution in [1.29, 1.82) is 0 Å². The second-order valence-corrected chi connectivity index (χ2v) is 8.08. The van der Waals surface area contributed by atoms with Gasteiger partial charge >= 0.3 is 0 Å². The van der Waals surface area contributed by atoms with Crippen LogP contribution in [0.3, 0.4) is 0 Å². The van der Waals surface area contributed by atoms with E-state index in [1.54, 1.807) is 15.8 Å². The smallest absolute Gasteiger partial charge is 0.274 e. The molecule has 0 unspecified atom stereocenters. The van der Waals surface area contributed by atoms with E-state index < -0.39 is 0 Å². The van der Waals surface area contributed by atoms with Crippen LogP contribution in [-0.4, -0.2) is 60.8 Å². The van der Waals surface area contributed by atoms with Crippen molar-refractivity contribution in [2.75, 3.05) is 24.5 Å². The van der Waals surface area contributed by atoms with Gasteiger partial charge in [-0.2, -0.15) is 5.10 Å². The molecule has 0 N–H and O–H groups in total. The molecule has 148 valence electrons. The number of nitrogens with zero attached hydrogens (tertiary/aromatic N) is 7. The molecule has 0 aromatic carbocycles. The average molecular weight is 410 g/mol. The van der Waals surface area contributed by atoms with Crippen molar-refractivity contribution >= 4 is 23.3 Å². The van der Waals surface area contributed by atoms with Gasteiger partial charge in [-0.15, -0.1) is 21.8 Å². The molecule has 1 amide bonds. The number of pyridine rings is 1. The number of amides is 1. The summed E-state index contributed by atoms with van der Waals surface area (Å²) in [4.78, 5) is 21.0. The van der Waals surface area contributed by atoms with E-state index in [-0.39, 0.29) is 11.3 Å². The van der Waals surface area contributed by atoms with Crippen molar-refractivity contribution in [2.24, 2.45) is 0 Å². The van der Waals surface area contributed by atoms with Crippen LogP contribution in [0.25, 0.3) is 5.69 Å². The molecule has 9 heteroatoms. The minimum Gasteiger partial charge on any atom is -0.350 e. The molecular weight excluding hydrogens is 390 g/mol. The van der Waals surface area contributed by atoms with Crippen LogP contribution in [0.1, 0.15) is 27.3 Å². The summed E-state index contributed by atoms with van der Waals surface area (Å²) in [6.07, 6.45) is 6.34. The molecule has 0 spiro atoms. The van der Waals surface area contributed by atoms with Gasteiger partial charge in [0.15, 0.2) is 11.5 Å². The van der Waals surface area contributed by atoms with Crippen molar-refractivity contribution in [3.05, 3.63) is 59.3 Å². The first-order valence-electron chi connectivity index (χ1n) is 9.59. The van der Waals surface area contributed by atoms with E-state index >= 15 is 0 Å². The van der Waals surface area contributed by atoms with Gasteiger partial charge in [0.25, 0.3) is 5.91 Å². The molecule has 0 atom stereocenters. The normalized spacial score (nSPS) is 16.5. The van der Waals surface area contributed by atoms with E-state index in [9.17, 15) is 4.79 Å². The number of rotatable bonds is 3. The average Bonchev–Trinajstić information content (AvgIpc) is 3.25. The number of fused-ring (bicyclic) bond motifs is 1. The van der Waals surface area contributed by atoms with Crippen LogP contribution in [0.5, 0.6) is 0 Å². The Balaban J connectivity index is 1.37. The summed E-state index contributed by atoms with van der Waals surface area (Å²) in [5.41, 5.74) is 4.50. The number of likely N-dealkylation sites (tertiary alicyclic amines) is 1. The zero-order valence-electron chi connectivity index (χ0n) is 16.0. The van der Waals surface area contributed by atoms with E-state index in [0.717, 1.165) is 41.3 Å². The summed E-state index contributed by atoms with van der Waals surface area (Å²) in [7, 11) is 0. The van der Waals surface area contributed by atoms with Crippen molar-refractivity contribution in [2.45, 2.75) is 25.3 Å². The van der Waals surface area contributed by atoms with Crippen LogP contribution in [0.4, 0.5) is 5.82 Å². The SMILES string of the molecule is Cc1cc(C(=O)N2CC(Cl)C2)nnc1N1CCc2ncc(-n3cccn3)cc2C1. The Morgan fingerprint density at radius 1 is 1.24 bits per heavy atom. The van der Waals surface area contributed by atoms with Gasteiger partial charge < -0.3 is 9.80 Å². The lowest BCUT2D eigenvalue weighted by Gasteiger charge is -2.35. The van der Waals surface area contributed by atoms with Gasteiger partial charge in [0.1, 0.15) is 0 Å². The van der Waals surface area contributed by atoms with Crippen molar-refractivity contribution in [1.82, 2.24) is 29.9 Å². The lowest BCUT2D eigenvalue weighted by Crippen LogP contribution is -2.51. The van der Waals surface area contributed by atoms with E-state index in [4.69, 9.17) is 11.6 Å². The van der Waals surface area contributed by atoms with Crippen molar-refractivity contribution < 1.29 is 4.79 Å². The Kier molecular flexibility index (Phi) is 4.43. The zero-order valence-corrected chi connectivity index (χ0v) is 16.7. The zero-order chi connectivity index (χ0) is 20.0. The third kappa shape index (κ3) is 3.33. The summed E-state index contributed by atoms with van der Waals surface area (Å²) in [6, 6.07) is 5.83. The van der Waals surface area contributed by atoms with Crippen LogP contribution in [0, 0.1) is 6.92 Å². The molecule has 5 rings (SSSR count). The van der Waals surface area contributed by atoms with Crippen LogP contribution in [0.2, 0.25) is 0 Å². The Labute approximate surface area is 173 Å². The molecule has 0 radical (unpaired) electrons. The van der Waals surface area contributed by atoms with E-state index in [1.165, 1.54) is 0 Å². The molecule has 0 bridgehead atoms. The fourth-order valence-corrected chi connectivity index (χ4v) is 4.12. The molecule has 3 aromatic rings. The Morgan fingerprint density at radius 3 is 2.83 bits per heavy atom. The maximum atomic E-state index is 12.5. The largest absolute Gasteiger partial charge is 0.350 e. The Morgan fingerprint density at radius 2 is 2.10 bits per heavy atom. The second-order valence-electron chi connectivity index (χ2n) is 7.47. The highest BCUT2D eigenvalue weighted by molar-refractivity contribution is 6.22. The fourth-order valence-electron chi connectivity index (χ4n) is 3.79. The molecule has 8 nitrogen and oxygen atoms in total. The molecule has 2 aliphatic rings. The third-order valence-corrected chi connectivity index (χ3v) is 5.67. The topological polar surface area (TPSA) is 80.0 Å². The van der Waals surface area contributed by atoms with Gasteiger partial charge in [0.2, 0.25) is 0 Å². The first-order chi connectivity index (χ1) is 14.1. The standard InChI is InChI=1S/C20H20ClN7O/c1-13-7-18(20(29)27-11-15(21)12-27)24-25-19(13)26-6-3-17-14(10-26)8-16(9-22-17)28-5-2-4-23-28/h2,4-5,7-9,15H,3,6,10-12H2,1H3. The van der Waals surface area contributed by atoms with Crippen molar-refractivity contribution in [3.63, 3.8) is 0 Å². The molecule has 1 fully saturated rings. The van der Waals surface area contributed by atoms with E-state index in [0.29, 0.717) is 25.3 Å². The minimum absolute atomic E-state index is 0.0425. The van der Waals surface area contributed by atoms with Crippen LogP contribution >= 0.6 is 11.6 Å². The van der Waals surface area contributed by atoms with Gasteiger partial charge in [-0.25, -0.2) is 4.68 Å². The Bertz CT molecular complexity index is 1060. The number of carbonyl (C=O) groups is 1. The molecule has 0 aliphatic carbocycles. The number of alkyl halides is 1. The third-order valence-electron chi connectivity index (χ3n) is 5.40. The quantitative estimate of drug-likeness (QED) is 0.615. The molecule has 5 heterocycles. The summed E-state index contributed by atoms with van der Waals surface area (Å²) in [5.74, 6) is 0.691. The highest BCUT2D eigenvalue weighted by Crippen LogP contribution is 2.26. The van der Waals surface area contributed by atoms with Gasteiger partial charge in [0.05, 0.1) is 17.3 Å². The lowest BCUT2D eigenvalue weighted by molar-refractivity contribution is 0.0652. The molecule has 1 saturated heterocycles. The second kappa shape index (κ2) is 7.11. The maximum absolute atomic E-state index is 12.5. The molecule has 0 saturated carbocycles. The molecular formula is C20H20ClN7O. The van der Waals surface area contributed by atoms with Crippen molar-refractivity contribution in [3.8, 4) is 5.69 Å². The monoisotopic (exact) mass is 409 g/mol. The first-order valence-corrected chi connectivity index (χ1v) is 10.0. The van der Waals surface area contributed by atoms with Crippen LogP contribution in [-0.2, 0) is 13.0 Å². The number of carbonyl (C=O) groups excluding carboxylic acids is 1. The molecule has 3 aromatic heterocycles. The summed E-state index contributed by atoms with van der Waals surface area (Å²) >= 11 is 5.97. The lowest BCUT2D eigenvalue weighted by atomic mass is 10.0. The summed E-state index contributed by atoms with van der Waals surface area (Å²) < 4.78 is 1.80. The first kappa shape index (κ1) is 18.1. The molecule has 2 aliphatic heterocycles. The predicted octanol–water partition coefficient (Wildman–Crippen LogP) is 1.99. The number of hydrogen-bond acceptors (Lipinski definition) is 6. The van der Waals surface area contributed by atoms with Crippen LogP contribution < -0.4 is 4.90 Å². The number of aryl methyl sites for hydroxylation is 1. The fraction of sp³-hybridized carbons (Fsp3) is 0.350. The Hall–Kier alpha value is -3.00.